The van der Waals surface area contributed by atoms with Gasteiger partial charge in [0, 0.05) is 5.25 Å². The molecule has 0 radical (unpaired) electrons. The fourth-order valence-electron chi connectivity index (χ4n) is 2.66. The molecule has 1 saturated carbocycles. The quantitative estimate of drug-likeness (QED) is 0.859. The standard InChI is InChI=1S/C14H20N2O2S/c1-8-5-4-6-11(7-8)19-13-12(14(17)18)9(2)15-10(3)16-13/h8,11H,4-7H2,1-3H3,(H,17,18). The van der Waals surface area contributed by atoms with Gasteiger partial charge in [0.25, 0.3) is 0 Å². The molecule has 19 heavy (non-hydrogen) atoms. The summed E-state index contributed by atoms with van der Waals surface area (Å²) in [5, 5.41) is 10.4. The lowest BCUT2D eigenvalue weighted by atomic mass is 9.91. The Bertz CT molecular complexity index is 491. The molecule has 0 bridgehead atoms. The van der Waals surface area contributed by atoms with E-state index in [0.717, 1.165) is 18.8 Å². The van der Waals surface area contributed by atoms with Crippen LogP contribution in [0.3, 0.4) is 0 Å². The van der Waals surface area contributed by atoms with Crippen LogP contribution in [0.4, 0.5) is 0 Å². The number of carbonyl (C=O) groups is 1. The molecule has 0 saturated heterocycles. The van der Waals surface area contributed by atoms with Gasteiger partial charge in [0.1, 0.15) is 16.4 Å². The van der Waals surface area contributed by atoms with E-state index in [1.807, 2.05) is 6.92 Å². The van der Waals surface area contributed by atoms with Crippen molar-refractivity contribution in [1.29, 1.82) is 0 Å². The van der Waals surface area contributed by atoms with Gasteiger partial charge >= 0.3 is 5.97 Å². The molecule has 0 aliphatic heterocycles. The lowest BCUT2D eigenvalue weighted by molar-refractivity contribution is 0.0690. The summed E-state index contributed by atoms with van der Waals surface area (Å²) in [6.45, 7) is 5.82. The molecule has 1 aromatic heterocycles. The molecule has 1 heterocycles. The lowest BCUT2D eigenvalue weighted by Gasteiger charge is -2.26. The Morgan fingerprint density at radius 2 is 2.05 bits per heavy atom. The van der Waals surface area contributed by atoms with E-state index in [1.165, 1.54) is 12.8 Å². The molecular formula is C14H20N2O2S. The number of nitrogens with zero attached hydrogens (tertiary/aromatic N) is 2. The molecule has 0 spiro atoms. The summed E-state index contributed by atoms with van der Waals surface area (Å²) >= 11 is 1.62. The predicted octanol–water partition coefficient (Wildman–Crippen LogP) is 3.46. The van der Waals surface area contributed by atoms with Crippen molar-refractivity contribution >= 4 is 17.7 Å². The second-order valence-electron chi connectivity index (χ2n) is 5.35. The molecular weight excluding hydrogens is 260 g/mol. The maximum Gasteiger partial charge on any atom is 0.340 e. The first-order chi connectivity index (χ1) is 8.97. The van der Waals surface area contributed by atoms with Crippen molar-refractivity contribution in [1.82, 2.24) is 9.97 Å². The molecule has 1 N–H and O–H groups in total. The maximum atomic E-state index is 11.4. The van der Waals surface area contributed by atoms with Crippen molar-refractivity contribution < 1.29 is 9.90 Å². The average molecular weight is 280 g/mol. The van der Waals surface area contributed by atoms with Crippen molar-refractivity contribution in [3.63, 3.8) is 0 Å². The summed E-state index contributed by atoms with van der Waals surface area (Å²) in [6.07, 6.45) is 4.80. The van der Waals surface area contributed by atoms with Crippen molar-refractivity contribution in [3.05, 3.63) is 17.1 Å². The Balaban J connectivity index is 2.25. The largest absolute Gasteiger partial charge is 0.478 e. The number of rotatable bonds is 3. The van der Waals surface area contributed by atoms with Crippen LogP contribution >= 0.6 is 11.8 Å². The summed E-state index contributed by atoms with van der Waals surface area (Å²) in [5.41, 5.74) is 0.834. The summed E-state index contributed by atoms with van der Waals surface area (Å²) < 4.78 is 0. The molecule has 2 rings (SSSR count). The van der Waals surface area contributed by atoms with Gasteiger partial charge in [-0.1, -0.05) is 19.8 Å². The van der Waals surface area contributed by atoms with Crippen LogP contribution in [0.2, 0.25) is 0 Å². The molecule has 104 valence electrons. The van der Waals surface area contributed by atoms with Gasteiger partial charge in [-0.3, -0.25) is 0 Å². The van der Waals surface area contributed by atoms with Gasteiger partial charge in [-0.2, -0.15) is 0 Å². The van der Waals surface area contributed by atoms with E-state index >= 15 is 0 Å². The summed E-state index contributed by atoms with van der Waals surface area (Å²) in [5.74, 6) is 0.446. The van der Waals surface area contributed by atoms with Crippen molar-refractivity contribution in [2.24, 2.45) is 5.92 Å². The normalized spacial score (nSPS) is 23.3. The van der Waals surface area contributed by atoms with Crippen LogP contribution in [-0.2, 0) is 0 Å². The smallest absolute Gasteiger partial charge is 0.340 e. The molecule has 0 aromatic carbocycles. The number of carboxylic acid groups (broad SMARTS) is 1. The number of carboxylic acids is 1. The van der Waals surface area contributed by atoms with Gasteiger partial charge in [-0.15, -0.1) is 11.8 Å². The highest BCUT2D eigenvalue weighted by atomic mass is 32.2. The zero-order valence-electron chi connectivity index (χ0n) is 11.6. The lowest BCUT2D eigenvalue weighted by Crippen LogP contribution is -2.17. The highest BCUT2D eigenvalue weighted by molar-refractivity contribution is 7.99. The van der Waals surface area contributed by atoms with E-state index in [-0.39, 0.29) is 5.56 Å². The Morgan fingerprint density at radius 1 is 1.32 bits per heavy atom. The summed E-state index contributed by atoms with van der Waals surface area (Å²) in [4.78, 5) is 19.9. The first-order valence-corrected chi connectivity index (χ1v) is 7.60. The summed E-state index contributed by atoms with van der Waals surface area (Å²) in [6, 6.07) is 0. The number of hydrogen-bond donors (Lipinski definition) is 1. The SMILES string of the molecule is Cc1nc(C)c(C(=O)O)c(SC2CCCC(C)C2)n1. The molecule has 0 amide bonds. The van der Waals surface area contributed by atoms with Crippen LogP contribution in [0.25, 0.3) is 0 Å². The number of aromatic nitrogens is 2. The molecule has 1 fully saturated rings. The Labute approximate surface area is 118 Å². The highest BCUT2D eigenvalue weighted by Crippen LogP contribution is 2.37. The van der Waals surface area contributed by atoms with Gasteiger partial charge in [-0.25, -0.2) is 14.8 Å². The van der Waals surface area contributed by atoms with Crippen LogP contribution in [0.15, 0.2) is 5.03 Å². The zero-order valence-corrected chi connectivity index (χ0v) is 12.5. The van der Waals surface area contributed by atoms with Gasteiger partial charge in [-0.05, 0) is 32.6 Å². The minimum atomic E-state index is -0.927. The Hall–Kier alpha value is -1.10. The highest BCUT2D eigenvalue weighted by Gasteiger charge is 2.24. The molecule has 1 aromatic rings. The third kappa shape index (κ3) is 3.47. The zero-order chi connectivity index (χ0) is 14.0. The number of hydrogen-bond acceptors (Lipinski definition) is 4. The average Bonchev–Trinajstić information content (AvgIpc) is 2.26. The summed E-state index contributed by atoms with van der Waals surface area (Å²) in [7, 11) is 0. The predicted molar refractivity (Wildman–Crippen MR) is 75.7 cm³/mol. The molecule has 2 atom stereocenters. The van der Waals surface area contributed by atoms with E-state index < -0.39 is 5.97 Å². The monoisotopic (exact) mass is 280 g/mol. The van der Waals surface area contributed by atoms with E-state index in [9.17, 15) is 9.90 Å². The minimum absolute atomic E-state index is 0.272. The number of thioether (sulfide) groups is 1. The van der Waals surface area contributed by atoms with Crippen LogP contribution in [0.1, 0.15) is 54.5 Å². The van der Waals surface area contributed by atoms with Crippen LogP contribution in [-0.4, -0.2) is 26.3 Å². The molecule has 1 aliphatic rings. The van der Waals surface area contributed by atoms with Crippen LogP contribution in [0, 0.1) is 19.8 Å². The molecule has 5 heteroatoms. The van der Waals surface area contributed by atoms with Crippen molar-refractivity contribution in [3.8, 4) is 0 Å². The van der Waals surface area contributed by atoms with E-state index in [0.29, 0.717) is 21.8 Å². The first kappa shape index (κ1) is 14.3. The number of aromatic carboxylic acids is 1. The molecule has 2 unspecified atom stereocenters. The van der Waals surface area contributed by atoms with E-state index in [1.54, 1.807) is 18.7 Å². The van der Waals surface area contributed by atoms with Crippen LogP contribution in [0.5, 0.6) is 0 Å². The second kappa shape index (κ2) is 5.90. The molecule has 4 nitrogen and oxygen atoms in total. The minimum Gasteiger partial charge on any atom is -0.478 e. The Kier molecular flexibility index (Phi) is 4.45. The number of aryl methyl sites for hydroxylation is 2. The first-order valence-electron chi connectivity index (χ1n) is 6.72. The second-order valence-corrected chi connectivity index (χ2v) is 6.64. The third-order valence-electron chi connectivity index (χ3n) is 3.55. The fourth-order valence-corrected chi connectivity index (χ4v) is 4.22. The van der Waals surface area contributed by atoms with Gasteiger partial charge in [0.05, 0.1) is 5.69 Å². The van der Waals surface area contributed by atoms with E-state index in [4.69, 9.17) is 0 Å². The van der Waals surface area contributed by atoms with E-state index in [2.05, 4.69) is 16.9 Å². The topological polar surface area (TPSA) is 63.1 Å². The van der Waals surface area contributed by atoms with Gasteiger partial charge < -0.3 is 5.11 Å². The fraction of sp³-hybridized carbons (Fsp3) is 0.643. The van der Waals surface area contributed by atoms with Crippen molar-refractivity contribution in [2.75, 3.05) is 0 Å². The molecule has 1 aliphatic carbocycles. The van der Waals surface area contributed by atoms with Crippen molar-refractivity contribution in [2.45, 2.75) is 56.7 Å². The van der Waals surface area contributed by atoms with Gasteiger partial charge in [0.15, 0.2) is 0 Å². The Morgan fingerprint density at radius 3 is 2.68 bits per heavy atom. The third-order valence-corrected chi connectivity index (χ3v) is 4.83. The van der Waals surface area contributed by atoms with Gasteiger partial charge in [0.2, 0.25) is 0 Å². The maximum absolute atomic E-state index is 11.4. The van der Waals surface area contributed by atoms with Crippen LogP contribution < -0.4 is 0 Å².